The second-order valence-corrected chi connectivity index (χ2v) is 5.48. The molecule has 1 fully saturated rings. The summed E-state index contributed by atoms with van der Waals surface area (Å²) >= 11 is 5.71. The van der Waals surface area contributed by atoms with Crippen LogP contribution in [0.15, 0.2) is 18.2 Å². The molecule has 6 heteroatoms. The highest BCUT2D eigenvalue weighted by atomic mass is 35.5. The van der Waals surface area contributed by atoms with Gasteiger partial charge in [-0.05, 0) is 25.0 Å². The van der Waals surface area contributed by atoms with E-state index in [0.29, 0.717) is 12.8 Å². The fraction of sp³-hybridized carbons (Fsp3) is 0.467. The summed E-state index contributed by atoms with van der Waals surface area (Å²) in [6, 6.07) is 3.69. The monoisotopic (exact) mass is 312 g/mol. The first-order chi connectivity index (χ1) is 9.99. The summed E-state index contributed by atoms with van der Waals surface area (Å²) in [5.41, 5.74) is 0.139. The zero-order chi connectivity index (χ0) is 15.6. The van der Waals surface area contributed by atoms with Crippen LogP contribution in [-0.4, -0.2) is 28.8 Å². The van der Waals surface area contributed by atoms with E-state index in [-0.39, 0.29) is 35.0 Å². The smallest absolute Gasteiger partial charge is 0.252 e. The van der Waals surface area contributed by atoms with Gasteiger partial charge in [0.15, 0.2) is 5.82 Å². The number of hydrogen-bond acceptors (Lipinski definition) is 3. The maximum Gasteiger partial charge on any atom is 0.252 e. The van der Waals surface area contributed by atoms with Crippen molar-refractivity contribution < 1.29 is 14.0 Å². The van der Waals surface area contributed by atoms with Crippen LogP contribution in [0.25, 0.3) is 0 Å². The number of anilines is 1. The lowest BCUT2D eigenvalue weighted by Gasteiger charge is -2.24. The second kappa shape index (κ2) is 6.43. The maximum absolute atomic E-state index is 13.9. The number of benzene rings is 1. The van der Waals surface area contributed by atoms with E-state index in [0.717, 1.165) is 0 Å². The summed E-state index contributed by atoms with van der Waals surface area (Å²) in [7, 11) is 0. The van der Waals surface area contributed by atoms with E-state index in [9.17, 15) is 14.0 Å². The third-order valence-electron chi connectivity index (χ3n) is 3.77. The lowest BCUT2D eigenvalue weighted by Crippen LogP contribution is -2.41. The Hall–Kier alpha value is -1.62. The van der Waals surface area contributed by atoms with Crippen molar-refractivity contribution in [2.75, 3.05) is 5.32 Å². The minimum atomic E-state index is -0.730. The molecule has 0 spiro atoms. The average molecular weight is 313 g/mol. The summed E-state index contributed by atoms with van der Waals surface area (Å²) in [6.45, 7) is 3.87. The molecule has 1 aliphatic rings. The maximum atomic E-state index is 13.9. The Morgan fingerprint density at radius 1 is 1.38 bits per heavy atom. The quantitative estimate of drug-likeness (QED) is 0.849. The molecule has 1 unspecified atom stereocenters. The molecule has 0 aromatic heterocycles. The number of rotatable bonds is 5. The van der Waals surface area contributed by atoms with E-state index >= 15 is 0 Å². The molecular formula is C15H18ClFN2O2. The molecule has 1 N–H and O–H groups in total. The minimum Gasteiger partial charge on any atom is -0.371 e. The number of imide groups is 1. The van der Waals surface area contributed by atoms with Gasteiger partial charge >= 0.3 is 0 Å². The highest BCUT2D eigenvalue weighted by Crippen LogP contribution is 2.26. The summed E-state index contributed by atoms with van der Waals surface area (Å²) < 4.78 is 13.9. The van der Waals surface area contributed by atoms with Crippen molar-refractivity contribution in [3.63, 3.8) is 0 Å². The summed E-state index contributed by atoms with van der Waals surface area (Å²) in [6.07, 6.45) is 1.47. The lowest BCUT2D eigenvalue weighted by molar-refractivity contribution is -0.141. The first-order valence-corrected chi connectivity index (χ1v) is 7.43. The molecule has 1 heterocycles. The predicted molar refractivity (Wildman–Crippen MR) is 79.7 cm³/mol. The van der Waals surface area contributed by atoms with Gasteiger partial charge in [-0.15, -0.1) is 0 Å². The van der Waals surface area contributed by atoms with Gasteiger partial charge in [-0.2, -0.15) is 0 Å². The van der Waals surface area contributed by atoms with Crippen molar-refractivity contribution >= 4 is 29.1 Å². The van der Waals surface area contributed by atoms with Crippen LogP contribution in [0.1, 0.15) is 33.1 Å². The van der Waals surface area contributed by atoms with Gasteiger partial charge < -0.3 is 5.32 Å². The first kappa shape index (κ1) is 15.8. The Balaban J connectivity index is 2.18. The fourth-order valence-electron chi connectivity index (χ4n) is 2.60. The highest BCUT2D eigenvalue weighted by molar-refractivity contribution is 6.31. The topological polar surface area (TPSA) is 49.4 Å². The van der Waals surface area contributed by atoms with E-state index in [1.165, 1.54) is 17.0 Å². The minimum absolute atomic E-state index is 0.0198. The molecule has 2 rings (SSSR count). The zero-order valence-electron chi connectivity index (χ0n) is 12.0. The highest BCUT2D eigenvalue weighted by Gasteiger charge is 2.41. The van der Waals surface area contributed by atoms with Gasteiger partial charge in [-0.3, -0.25) is 14.5 Å². The molecule has 1 atom stereocenters. The molecule has 114 valence electrons. The van der Waals surface area contributed by atoms with Gasteiger partial charge in [0.1, 0.15) is 6.04 Å². The molecule has 4 nitrogen and oxygen atoms in total. The van der Waals surface area contributed by atoms with Crippen LogP contribution in [0.5, 0.6) is 0 Å². The zero-order valence-corrected chi connectivity index (χ0v) is 12.8. The molecule has 0 bridgehead atoms. The van der Waals surface area contributed by atoms with Crippen LogP contribution in [0.4, 0.5) is 10.1 Å². The number of nitrogens with zero attached hydrogens (tertiary/aromatic N) is 1. The van der Waals surface area contributed by atoms with Crippen molar-refractivity contribution in [3.8, 4) is 0 Å². The Morgan fingerprint density at radius 3 is 2.67 bits per heavy atom. The van der Waals surface area contributed by atoms with Gasteiger partial charge in [0.05, 0.1) is 17.1 Å². The number of carbonyl (C=O) groups is 2. The Kier molecular flexibility index (Phi) is 4.83. The van der Waals surface area contributed by atoms with Crippen molar-refractivity contribution in [2.45, 2.75) is 45.2 Å². The van der Waals surface area contributed by atoms with Crippen molar-refractivity contribution in [1.82, 2.24) is 4.90 Å². The number of halogens is 2. The lowest BCUT2D eigenvalue weighted by atomic mass is 10.1. The number of amides is 2. The molecule has 1 saturated heterocycles. The van der Waals surface area contributed by atoms with E-state index in [1.54, 1.807) is 6.07 Å². The largest absolute Gasteiger partial charge is 0.371 e. The van der Waals surface area contributed by atoms with Crippen LogP contribution in [-0.2, 0) is 9.59 Å². The molecule has 2 amide bonds. The van der Waals surface area contributed by atoms with Gasteiger partial charge in [-0.25, -0.2) is 4.39 Å². The Morgan fingerprint density at radius 2 is 2.05 bits per heavy atom. The van der Waals surface area contributed by atoms with Crippen molar-refractivity contribution in [3.05, 3.63) is 29.0 Å². The van der Waals surface area contributed by atoms with Gasteiger partial charge in [0.25, 0.3) is 5.91 Å². The van der Waals surface area contributed by atoms with Crippen LogP contribution in [0, 0.1) is 5.82 Å². The van der Waals surface area contributed by atoms with Crippen LogP contribution in [0.3, 0.4) is 0 Å². The molecule has 1 aromatic rings. The SMILES string of the molecule is CCC(CC)N1C(=O)CC(Nc2cccc(Cl)c2F)C1=O. The Labute approximate surface area is 128 Å². The summed E-state index contributed by atoms with van der Waals surface area (Å²) in [4.78, 5) is 25.7. The van der Waals surface area contributed by atoms with E-state index in [1.807, 2.05) is 13.8 Å². The molecule has 1 aromatic carbocycles. The molecule has 0 aliphatic carbocycles. The summed E-state index contributed by atoms with van der Waals surface area (Å²) in [5, 5.41) is 2.77. The van der Waals surface area contributed by atoms with E-state index < -0.39 is 11.9 Å². The van der Waals surface area contributed by atoms with Crippen LogP contribution >= 0.6 is 11.6 Å². The molecule has 0 radical (unpaired) electrons. The summed E-state index contributed by atoms with van der Waals surface area (Å²) in [5.74, 6) is -1.12. The molecular weight excluding hydrogens is 295 g/mol. The average Bonchev–Trinajstić information content (AvgIpc) is 2.73. The Bertz CT molecular complexity index is 561. The molecule has 1 aliphatic heterocycles. The van der Waals surface area contributed by atoms with Gasteiger partial charge in [0.2, 0.25) is 5.91 Å². The second-order valence-electron chi connectivity index (χ2n) is 5.07. The fourth-order valence-corrected chi connectivity index (χ4v) is 2.78. The van der Waals surface area contributed by atoms with Crippen molar-refractivity contribution in [1.29, 1.82) is 0 Å². The molecule has 0 saturated carbocycles. The van der Waals surface area contributed by atoms with E-state index in [4.69, 9.17) is 11.6 Å². The van der Waals surface area contributed by atoms with E-state index in [2.05, 4.69) is 5.32 Å². The predicted octanol–water partition coefficient (Wildman–Crippen LogP) is 3.21. The third-order valence-corrected chi connectivity index (χ3v) is 4.06. The van der Waals surface area contributed by atoms with Gasteiger partial charge in [-0.1, -0.05) is 31.5 Å². The molecule has 21 heavy (non-hydrogen) atoms. The normalized spacial score (nSPS) is 18.7. The standard InChI is InChI=1S/C15H18ClFN2O2/c1-3-9(4-2)19-13(20)8-12(15(19)21)18-11-7-5-6-10(16)14(11)17/h5-7,9,12,18H,3-4,8H2,1-2H3. The number of likely N-dealkylation sites (tertiary alicyclic amines) is 1. The van der Waals surface area contributed by atoms with Crippen LogP contribution in [0.2, 0.25) is 5.02 Å². The van der Waals surface area contributed by atoms with Gasteiger partial charge in [0, 0.05) is 6.04 Å². The van der Waals surface area contributed by atoms with Crippen LogP contribution < -0.4 is 5.32 Å². The number of hydrogen-bond donors (Lipinski definition) is 1. The number of nitrogens with one attached hydrogen (secondary N) is 1. The third kappa shape index (κ3) is 3.02. The first-order valence-electron chi connectivity index (χ1n) is 7.06. The number of carbonyl (C=O) groups excluding carboxylic acids is 2. The van der Waals surface area contributed by atoms with Crippen molar-refractivity contribution in [2.24, 2.45) is 0 Å².